The van der Waals surface area contributed by atoms with Crippen LogP contribution in [-0.4, -0.2) is 16.7 Å². The third-order valence-corrected chi connectivity index (χ3v) is 2.11. The first kappa shape index (κ1) is 14.2. The predicted molar refractivity (Wildman–Crippen MR) is 68.4 cm³/mol. The van der Waals surface area contributed by atoms with Crippen molar-refractivity contribution in [3.8, 4) is 0 Å². The fraction of sp³-hybridized carbons (Fsp3) is 0.455. The number of nitro benzene ring substituents is 1. The highest BCUT2D eigenvalue weighted by atomic mass is 17.2. The summed E-state index contributed by atoms with van der Waals surface area (Å²) in [5.74, 6) is 0. The van der Waals surface area contributed by atoms with E-state index in [2.05, 4.69) is 15.8 Å². The van der Waals surface area contributed by atoms with Crippen LogP contribution in [0.5, 0.6) is 0 Å². The van der Waals surface area contributed by atoms with E-state index < -0.39 is 4.92 Å². The number of nitro groups is 1. The molecule has 7 heteroatoms. The Kier molecular flexibility index (Phi) is 4.46. The molecule has 0 aromatic heterocycles. The molecule has 0 unspecified atom stereocenters. The second-order valence-electron chi connectivity index (χ2n) is 5.13. The molecular weight excluding hydrogens is 238 g/mol. The van der Waals surface area contributed by atoms with Crippen molar-refractivity contribution in [3.63, 3.8) is 0 Å². The molecule has 0 aliphatic carbocycles. The highest BCUT2D eigenvalue weighted by Crippen LogP contribution is 2.25. The second-order valence-corrected chi connectivity index (χ2v) is 5.13. The minimum atomic E-state index is -0.509. The van der Waals surface area contributed by atoms with Crippen LogP contribution in [-0.2, 0) is 4.99 Å². The highest BCUT2D eigenvalue weighted by Gasteiger charge is 2.13. The summed E-state index contributed by atoms with van der Waals surface area (Å²) in [6.45, 7) is 6.81. The first-order chi connectivity index (χ1) is 8.31. The molecule has 0 atom stereocenters. The zero-order valence-corrected chi connectivity index (χ0v) is 10.6. The zero-order chi connectivity index (χ0) is 13.8. The van der Waals surface area contributed by atoms with Crippen molar-refractivity contribution >= 4 is 17.1 Å². The van der Waals surface area contributed by atoms with Gasteiger partial charge in [-0.05, 0) is 11.5 Å². The summed E-state index contributed by atoms with van der Waals surface area (Å²) >= 11 is 0. The van der Waals surface area contributed by atoms with Gasteiger partial charge in [0.2, 0.25) is 0 Å². The molecule has 1 rings (SSSR count). The van der Waals surface area contributed by atoms with Gasteiger partial charge in [-0.15, -0.1) is 4.99 Å². The van der Waals surface area contributed by atoms with Crippen LogP contribution < -0.4 is 10.8 Å². The van der Waals surface area contributed by atoms with Crippen molar-refractivity contribution in [2.75, 3.05) is 17.3 Å². The van der Waals surface area contributed by atoms with E-state index in [4.69, 9.17) is 5.26 Å². The van der Waals surface area contributed by atoms with Crippen LogP contribution in [0.15, 0.2) is 18.2 Å². The fourth-order valence-corrected chi connectivity index (χ4v) is 1.30. The minimum absolute atomic E-state index is 0.0473. The van der Waals surface area contributed by atoms with E-state index in [-0.39, 0.29) is 11.1 Å². The Morgan fingerprint density at radius 1 is 1.33 bits per heavy atom. The standard InChI is InChI=1S/C11H17N3O4/c1-11(2,3)7-12-8-4-9(13-18-17)6-10(5-8)14(15)16/h4-6,12-13,17H,7H2,1-3H3. The molecule has 18 heavy (non-hydrogen) atoms. The molecule has 0 bridgehead atoms. The molecule has 0 amide bonds. The monoisotopic (exact) mass is 255 g/mol. The van der Waals surface area contributed by atoms with Crippen LogP contribution >= 0.6 is 0 Å². The average Bonchev–Trinajstić information content (AvgIpc) is 2.25. The first-order valence-corrected chi connectivity index (χ1v) is 5.41. The topological polar surface area (TPSA) is 96.7 Å². The van der Waals surface area contributed by atoms with E-state index in [0.717, 1.165) is 0 Å². The van der Waals surface area contributed by atoms with Gasteiger partial charge in [0.1, 0.15) is 0 Å². The molecule has 3 N–H and O–H groups in total. The van der Waals surface area contributed by atoms with Crippen LogP contribution in [0.1, 0.15) is 20.8 Å². The smallest absolute Gasteiger partial charge is 0.273 e. The van der Waals surface area contributed by atoms with Gasteiger partial charge >= 0.3 is 0 Å². The summed E-state index contributed by atoms with van der Waals surface area (Å²) in [6, 6.07) is 4.29. The van der Waals surface area contributed by atoms with Crippen LogP contribution in [0.25, 0.3) is 0 Å². The molecule has 0 spiro atoms. The Balaban J connectivity index is 2.92. The maximum absolute atomic E-state index is 10.8. The fourth-order valence-electron chi connectivity index (χ4n) is 1.30. The molecular formula is C11H17N3O4. The van der Waals surface area contributed by atoms with Crippen LogP contribution in [0.2, 0.25) is 0 Å². The highest BCUT2D eigenvalue weighted by molar-refractivity contribution is 5.62. The van der Waals surface area contributed by atoms with E-state index in [9.17, 15) is 10.1 Å². The largest absolute Gasteiger partial charge is 0.384 e. The number of non-ortho nitro benzene ring substituents is 1. The van der Waals surface area contributed by atoms with Crippen molar-refractivity contribution in [2.45, 2.75) is 20.8 Å². The zero-order valence-electron chi connectivity index (χ0n) is 10.6. The number of benzene rings is 1. The van der Waals surface area contributed by atoms with E-state index in [1.54, 1.807) is 6.07 Å². The Morgan fingerprint density at radius 3 is 2.44 bits per heavy atom. The average molecular weight is 255 g/mol. The van der Waals surface area contributed by atoms with Crippen molar-refractivity contribution in [1.29, 1.82) is 0 Å². The van der Waals surface area contributed by atoms with Crippen molar-refractivity contribution in [2.24, 2.45) is 5.41 Å². The lowest BCUT2D eigenvalue weighted by Crippen LogP contribution is -2.19. The maximum atomic E-state index is 10.8. The number of nitrogens with zero attached hydrogens (tertiary/aromatic N) is 1. The Hall–Kier alpha value is -1.86. The lowest BCUT2D eigenvalue weighted by Gasteiger charge is -2.19. The molecule has 0 saturated carbocycles. The quantitative estimate of drug-likeness (QED) is 0.425. The Bertz CT molecular complexity index is 429. The summed E-state index contributed by atoms with van der Waals surface area (Å²) in [5.41, 5.74) is 2.99. The van der Waals surface area contributed by atoms with Crippen molar-refractivity contribution < 1.29 is 15.2 Å². The molecule has 1 aromatic carbocycles. The van der Waals surface area contributed by atoms with E-state index in [0.29, 0.717) is 17.9 Å². The molecule has 0 aliphatic rings. The number of anilines is 2. The van der Waals surface area contributed by atoms with Gasteiger partial charge in [0.05, 0.1) is 10.6 Å². The summed E-state index contributed by atoms with van der Waals surface area (Å²) < 4.78 is 0. The molecule has 0 radical (unpaired) electrons. The number of rotatable bonds is 5. The van der Waals surface area contributed by atoms with Crippen LogP contribution in [0.3, 0.4) is 0 Å². The van der Waals surface area contributed by atoms with Crippen molar-refractivity contribution in [3.05, 3.63) is 28.3 Å². The van der Waals surface area contributed by atoms with Gasteiger partial charge in [-0.1, -0.05) is 20.8 Å². The molecule has 0 saturated heterocycles. The molecule has 0 fully saturated rings. The third kappa shape index (κ3) is 4.56. The number of nitrogens with one attached hydrogen (secondary N) is 2. The lowest BCUT2D eigenvalue weighted by atomic mass is 9.97. The van der Waals surface area contributed by atoms with Gasteiger partial charge in [-0.25, -0.2) is 10.7 Å². The molecule has 1 aromatic rings. The van der Waals surface area contributed by atoms with Gasteiger partial charge in [0.15, 0.2) is 0 Å². The number of hydrogen-bond donors (Lipinski definition) is 3. The maximum Gasteiger partial charge on any atom is 0.273 e. The molecule has 7 nitrogen and oxygen atoms in total. The van der Waals surface area contributed by atoms with Crippen LogP contribution in [0, 0.1) is 15.5 Å². The van der Waals surface area contributed by atoms with Gasteiger partial charge in [-0.3, -0.25) is 10.1 Å². The SMILES string of the molecule is CC(C)(C)CNc1cc(NOO)cc([N+](=O)[O-])c1. The lowest BCUT2D eigenvalue weighted by molar-refractivity contribution is -0.384. The summed E-state index contributed by atoms with van der Waals surface area (Å²) in [4.78, 5) is 14.0. The van der Waals surface area contributed by atoms with Gasteiger partial charge < -0.3 is 5.32 Å². The van der Waals surface area contributed by atoms with Gasteiger partial charge in [-0.2, -0.15) is 0 Å². The molecule has 0 aliphatic heterocycles. The molecule has 100 valence electrons. The van der Waals surface area contributed by atoms with Crippen molar-refractivity contribution in [1.82, 2.24) is 0 Å². The predicted octanol–water partition coefficient (Wildman–Crippen LogP) is 2.87. The Labute approximate surface area is 105 Å². The second kappa shape index (κ2) is 5.65. The summed E-state index contributed by atoms with van der Waals surface area (Å²) in [6.07, 6.45) is 0. The summed E-state index contributed by atoms with van der Waals surface area (Å²) in [7, 11) is 0. The van der Waals surface area contributed by atoms with E-state index >= 15 is 0 Å². The van der Waals surface area contributed by atoms with Crippen LogP contribution in [0.4, 0.5) is 17.1 Å². The number of hydrogen-bond acceptors (Lipinski definition) is 6. The van der Waals surface area contributed by atoms with Gasteiger partial charge in [0.25, 0.3) is 5.69 Å². The van der Waals surface area contributed by atoms with E-state index in [1.807, 2.05) is 20.8 Å². The first-order valence-electron chi connectivity index (χ1n) is 5.41. The third-order valence-electron chi connectivity index (χ3n) is 2.11. The molecule has 0 heterocycles. The summed E-state index contributed by atoms with van der Waals surface area (Å²) in [5, 5.41) is 22.2. The van der Waals surface area contributed by atoms with E-state index in [1.165, 1.54) is 12.1 Å². The normalized spacial score (nSPS) is 11.1. The Morgan fingerprint density at radius 2 is 1.94 bits per heavy atom. The van der Waals surface area contributed by atoms with Gasteiger partial charge in [0, 0.05) is 24.4 Å². The minimum Gasteiger partial charge on any atom is -0.384 e.